The standard InChI is InChI=1S/C9H5F3N2/c10-9(11,12)7-4-6-2-1-3-13-8(6)14-5-7/h1-5H. The molecule has 0 fully saturated rings. The van der Waals surface area contributed by atoms with Crippen molar-refractivity contribution in [3.8, 4) is 0 Å². The van der Waals surface area contributed by atoms with E-state index in [1.807, 2.05) is 0 Å². The topological polar surface area (TPSA) is 25.8 Å². The van der Waals surface area contributed by atoms with Crippen molar-refractivity contribution in [1.29, 1.82) is 0 Å². The Morgan fingerprint density at radius 2 is 1.93 bits per heavy atom. The Morgan fingerprint density at radius 3 is 2.64 bits per heavy atom. The van der Waals surface area contributed by atoms with E-state index in [2.05, 4.69) is 9.97 Å². The normalized spacial score (nSPS) is 11.9. The Balaban J connectivity index is 2.63. The van der Waals surface area contributed by atoms with Crippen LogP contribution in [0.5, 0.6) is 0 Å². The maximum Gasteiger partial charge on any atom is 0.417 e. The largest absolute Gasteiger partial charge is 0.417 e. The minimum absolute atomic E-state index is 0.320. The van der Waals surface area contributed by atoms with Crippen molar-refractivity contribution in [1.82, 2.24) is 9.97 Å². The molecule has 5 heteroatoms. The highest BCUT2D eigenvalue weighted by Gasteiger charge is 2.30. The minimum Gasteiger partial charge on any atom is -0.237 e. The Bertz CT molecular complexity index is 465. The van der Waals surface area contributed by atoms with Gasteiger partial charge in [0.1, 0.15) is 0 Å². The fourth-order valence-corrected chi connectivity index (χ4v) is 1.12. The molecule has 2 aromatic rings. The van der Waals surface area contributed by atoms with Crippen molar-refractivity contribution in [2.45, 2.75) is 6.18 Å². The molecule has 14 heavy (non-hydrogen) atoms. The van der Waals surface area contributed by atoms with Gasteiger partial charge in [-0.1, -0.05) is 0 Å². The van der Waals surface area contributed by atoms with Crippen LogP contribution in [-0.4, -0.2) is 9.97 Å². The van der Waals surface area contributed by atoms with Gasteiger partial charge in [0.15, 0.2) is 5.65 Å². The van der Waals surface area contributed by atoms with Crippen molar-refractivity contribution >= 4 is 11.0 Å². The molecule has 0 atom stereocenters. The predicted octanol–water partition coefficient (Wildman–Crippen LogP) is 2.65. The molecule has 72 valence electrons. The maximum atomic E-state index is 12.3. The van der Waals surface area contributed by atoms with Gasteiger partial charge in [0.25, 0.3) is 0 Å². The lowest BCUT2D eigenvalue weighted by molar-refractivity contribution is -0.137. The summed E-state index contributed by atoms with van der Waals surface area (Å²) >= 11 is 0. The quantitative estimate of drug-likeness (QED) is 0.650. The summed E-state index contributed by atoms with van der Waals surface area (Å²) in [6.07, 6.45) is -2.07. The van der Waals surface area contributed by atoms with E-state index in [9.17, 15) is 13.2 Å². The monoisotopic (exact) mass is 198 g/mol. The van der Waals surface area contributed by atoms with Gasteiger partial charge < -0.3 is 0 Å². The van der Waals surface area contributed by atoms with Gasteiger partial charge in [-0.05, 0) is 18.2 Å². The lowest BCUT2D eigenvalue weighted by atomic mass is 10.2. The van der Waals surface area contributed by atoms with Crippen molar-refractivity contribution in [2.75, 3.05) is 0 Å². The van der Waals surface area contributed by atoms with E-state index in [4.69, 9.17) is 0 Å². The summed E-state index contributed by atoms with van der Waals surface area (Å²) in [5, 5.41) is 0.391. The van der Waals surface area contributed by atoms with Crippen molar-refractivity contribution < 1.29 is 13.2 Å². The van der Waals surface area contributed by atoms with Crippen LogP contribution in [0.25, 0.3) is 11.0 Å². The molecule has 0 aromatic carbocycles. The summed E-state index contributed by atoms with van der Waals surface area (Å²) in [7, 11) is 0. The van der Waals surface area contributed by atoms with Crippen molar-refractivity contribution in [3.63, 3.8) is 0 Å². The van der Waals surface area contributed by atoms with Crippen LogP contribution in [0, 0.1) is 0 Å². The van der Waals surface area contributed by atoms with Crippen LogP contribution >= 0.6 is 0 Å². The van der Waals surface area contributed by atoms with E-state index in [1.54, 1.807) is 12.1 Å². The van der Waals surface area contributed by atoms with Gasteiger partial charge in [-0.25, -0.2) is 9.97 Å². The first-order valence-corrected chi connectivity index (χ1v) is 3.85. The number of hydrogen-bond donors (Lipinski definition) is 0. The molecule has 0 unspecified atom stereocenters. The number of hydrogen-bond acceptors (Lipinski definition) is 2. The number of fused-ring (bicyclic) bond motifs is 1. The zero-order chi connectivity index (χ0) is 10.2. The number of alkyl halides is 3. The third-order valence-corrected chi connectivity index (χ3v) is 1.78. The summed E-state index contributed by atoms with van der Waals surface area (Å²) in [5.74, 6) is 0. The second kappa shape index (κ2) is 2.94. The molecule has 2 rings (SSSR count). The van der Waals surface area contributed by atoms with Crippen LogP contribution in [0.4, 0.5) is 13.2 Å². The van der Waals surface area contributed by atoms with E-state index < -0.39 is 11.7 Å². The molecular weight excluding hydrogens is 193 g/mol. The third-order valence-electron chi connectivity index (χ3n) is 1.78. The first-order chi connectivity index (χ1) is 6.57. The highest BCUT2D eigenvalue weighted by molar-refractivity contribution is 5.74. The van der Waals surface area contributed by atoms with E-state index in [1.165, 1.54) is 6.20 Å². The van der Waals surface area contributed by atoms with Crippen LogP contribution in [0.15, 0.2) is 30.6 Å². The molecule has 2 aromatic heterocycles. The Kier molecular flexibility index (Phi) is 1.87. The fraction of sp³-hybridized carbons (Fsp3) is 0.111. The van der Waals surface area contributed by atoms with Gasteiger partial charge in [0.05, 0.1) is 5.56 Å². The first kappa shape index (κ1) is 8.93. The summed E-state index contributed by atoms with van der Waals surface area (Å²) in [6, 6.07) is 4.16. The smallest absolute Gasteiger partial charge is 0.237 e. The lowest BCUT2D eigenvalue weighted by Gasteiger charge is -2.05. The summed E-state index contributed by atoms with van der Waals surface area (Å²) in [4.78, 5) is 7.44. The zero-order valence-electron chi connectivity index (χ0n) is 6.92. The second-order valence-corrected chi connectivity index (χ2v) is 2.77. The molecule has 2 heterocycles. The molecule has 0 amide bonds. The van der Waals surface area contributed by atoms with Crippen molar-refractivity contribution in [3.05, 3.63) is 36.2 Å². The molecule has 0 N–H and O–H groups in total. The number of pyridine rings is 2. The second-order valence-electron chi connectivity index (χ2n) is 2.77. The lowest BCUT2D eigenvalue weighted by Crippen LogP contribution is -2.05. The molecule has 0 radical (unpaired) electrons. The summed E-state index contributed by atoms with van der Waals surface area (Å²) in [5.41, 5.74) is -0.432. The molecule has 0 spiro atoms. The maximum absolute atomic E-state index is 12.3. The molecule has 0 aliphatic rings. The molecule has 0 saturated carbocycles. The van der Waals surface area contributed by atoms with Crippen molar-refractivity contribution in [2.24, 2.45) is 0 Å². The third kappa shape index (κ3) is 1.53. The highest BCUT2D eigenvalue weighted by atomic mass is 19.4. The average Bonchev–Trinajstić information content (AvgIpc) is 2.16. The SMILES string of the molecule is FC(F)(F)c1cnc2ncccc2c1. The Labute approximate surface area is 77.4 Å². The van der Waals surface area contributed by atoms with Gasteiger partial charge in [-0.15, -0.1) is 0 Å². The van der Waals surface area contributed by atoms with E-state index in [-0.39, 0.29) is 0 Å². The molecule has 0 aliphatic carbocycles. The van der Waals surface area contributed by atoms with Crippen LogP contribution in [-0.2, 0) is 6.18 Å². The molecular formula is C9H5F3N2. The fourth-order valence-electron chi connectivity index (χ4n) is 1.12. The van der Waals surface area contributed by atoms with E-state index in [0.29, 0.717) is 11.0 Å². The Hall–Kier alpha value is -1.65. The van der Waals surface area contributed by atoms with Gasteiger partial charge in [0.2, 0.25) is 0 Å². The van der Waals surface area contributed by atoms with Gasteiger partial charge in [-0.3, -0.25) is 0 Å². The number of aromatic nitrogens is 2. The van der Waals surface area contributed by atoms with Crippen LogP contribution in [0.2, 0.25) is 0 Å². The minimum atomic E-state index is -4.35. The molecule has 2 nitrogen and oxygen atoms in total. The molecule has 0 bridgehead atoms. The van der Waals surface area contributed by atoms with Gasteiger partial charge in [-0.2, -0.15) is 13.2 Å². The predicted molar refractivity (Wildman–Crippen MR) is 44.5 cm³/mol. The number of nitrogens with zero attached hydrogens (tertiary/aromatic N) is 2. The van der Waals surface area contributed by atoms with Crippen LogP contribution in [0.1, 0.15) is 5.56 Å². The van der Waals surface area contributed by atoms with E-state index in [0.717, 1.165) is 12.3 Å². The summed E-state index contributed by atoms with van der Waals surface area (Å²) in [6.45, 7) is 0. The average molecular weight is 198 g/mol. The van der Waals surface area contributed by atoms with Crippen LogP contribution in [0.3, 0.4) is 0 Å². The van der Waals surface area contributed by atoms with E-state index >= 15 is 0 Å². The first-order valence-electron chi connectivity index (χ1n) is 3.85. The highest BCUT2D eigenvalue weighted by Crippen LogP contribution is 2.29. The van der Waals surface area contributed by atoms with Gasteiger partial charge in [0, 0.05) is 17.8 Å². The number of halogens is 3. The van der Waals surface area contributed by atoms with Gasteiger partial charge >= 0.3 is 6.18 Å². The van der Waals surface area contributed by atoms with Crippen LogP contribution < -0.4 is 0 Å². The molecule has 0 aliphatic heterocycles. The zero-order valence-corrected chi connectivity index (χ0v) is 6.92. The number of rotatable bonds is 0. The summed E-state index contributed by atoms with van der Waals surface area (Å²) < 4.78 is 36.8. The molecule has 0 saturated heterocycles. The Morgan fingerprint density at radius 1 is 1.14 bits per heavy atom.